The van der Waals surface area contributed by atoms with E-state index in [2.05, 4.69) is 0 Å². The number of carbonyl (C=O) groups excluding carboxylic acids is 1. The van der Waals surface area contributed by atoms with Crippen molar-refractivity contribution in [2.75, 3.05) is 26.9 Å². The second-order valence-corrected chi connectivity index (χ2v) is 7.56. The van der Waals surface area contributed by atoms with Crippen LogP contribution in [0.15, 0.2) is 51.7 Å². The molecular formula is C23H22ClNO5. The molecule has 0 unspecified atom stereocenters. The number of methoxy groups -OCH3 is 1. The molecule has 6 nitrogen and oxygen atoms in total. The molecule has 1 aliphatic heterocycles. The maximum absolute atomic E-state index is 13.4. The first-order valence-electron chi connectivity index (χ1n) is 9.84. The number of halogens is 1. The summed E-state index contributed by atoms with van der Waals surface area (Å²) in [6, 6.07) is 11.7. The molecule has 0 radical (unpaired) electrons. The lowest BCUT2D eigenvalue weighted by Crippen LogP contribution is -2.32. The van der Waals surface area contributed by atoms with Gasteiger partial charge in [0.25, 0.3) is 5.91 Å². The molecule has 7 heteroatoms. The van der Waals surface area contributed by atoms with E-state index in [0.29, 0.717) is 41.3 Å². The van der Waals surface area contributed by atoms with Gasteiger partial charge in [0.1, 0.15) is 11.3 Å². The zero-order valence-electron chi connectivity index (χ0n) is 16.8. The van der Waals surface area contributed by atoms with E-state index >= 15 is 0 Å². The highest BCUT2D eigenvalue weighted by Gasteiger charge is 2.42. The molecule has 30 heavy (non-hydrogen) atoms. The fourth-order valence-corrected chi connectivity index (χ4v) is 3.90. The molecule has 0 N–H and O–H groups in total. The minimum Gasteiger partial charge on any atom is -0.494 e. The van der Waals surface area contributed by atoms with Crippen LogP contribution in [0.1, 0.15) is 41.1 Å². The first kappa shape index (κ1) is 20.4. The number of fused-ring (bicyclic) bond motifs is 2. The van der Waals surface area contributed by atoms with Crippen LogP contribution in [0.4, 0.5) is 0 Å². The highest BCUT2D eigenvalue weighted by molar-refractivity contribution is 6.31. The number of hydrogen-bond donors (Lipinski definition) is 0. The molecule has 0 bridgehead atoms. The summed E-state index contributed by atoms with van der Waals surface area (Å²) in [7, 11) is 1.57. The third-order valence-electron chi connectivity index (χ3n) is 5.13. The van der Waals surface area contributed by atoms with E-state index in [4.69, 9.17) is 25.5 Å². The van der Waals surface area contributed by atoms with Crippen molar-refractivity contribution in [2.45, 2.75) is 19.4 Å². The Morgan fingerprint density at radius 3 is 2.57 bits per heavy atom. The van der Waals surface area contributed by atoms with Gasteiger partial charge in [-0.3, -0.25) is 9.59 Å². The molecule has 3 aromatic rings. The van der Waals surface area contributed by atoms with E-state index in [9.17, 15) is 9.59 Å². The summed E-state index contributed by atoms with van der Waals surface area (Å²) in [5.74, 6) is 0.487. The van der Waals surface area contributed by atoms with Gasteiger partial charge in [-0.1, -0.05) is 30.7 Å². The molecular weight excluding hydrogens is 406 g/mol. The zero-order chi connectivity index (χ0) is 21.3. The summed E-state index contributed by atoms with van der Waals surface area (Å²) in [6.07, 6.45) is 0.910. The summed E-state index contributed by atoms with van der Waals surface area (Å²) in [6.45, 7) is 3.33. The molecule has 1 amide bonds. The van der Waals surface area contributed by atoms with Gasteiger partial charge in [-0.2, -0.15) is 0 Å². The zero-order valence-corrected chi connectivity index (χ0v) is 17.6. The number of nitrogens with zero attached hydrogens (tertiary/aromatic N) is 1. The van der Waals surface area contributed by atoms with Gasteiger partial charge >= 0.3 is 0 Å². The third kappa shape index (κ3) is 3.57. The van der Waals surface area contributed by atoms with E-state index in [1.165, 1.54) is 0 Å². The van der Waals surface area contributed by atoms with Crippen molar-refractivity contribution in [3.8, 4) is 5.75 Å². The van der Waals surface area contributed by atoms with Crippen LogP contribution in [0.5, 0.6) is 5.75 Å². The van der Waals surface area contributed by atoms with Gasteiger partial charge in [-0.05, 0) is 42.3 Å². The van der Waals surface area contributed by atoms with Crippen molar-refractivity contribution >= 4 is 28.5 Å². The Labute approximate surface area is 179 Å². The summed E-state index contributed by atoms with van der Waals surface area (Å²) >= 11 is 6.09. The molecule has 2 aromatic carbocycles. The first-order valence-corrected chi connectivity index (χ1v) is 10.2. The molecule has 0 fully saturated rings. The molecule has 1 atom stereocenters. The Bertz CT molecular complexity index is 1140. The van der Waals surface area contributed by atoms with Gasteiger partial charge in [0.05, 0.1) is 30.2 Å². The fourth-order valence-electron chi connectivity index (χ4n) is 3.73. The predicted octanol–water partition coefficient (Wildman–Crippen LogP) is 4.43. The number of ether oxygens (including phenoxy) is 2. The van der Waals surface area contributed by atoms with E-state index in [-0.39, 0.29) is 17.1 Å². The van der Waals surface area contributed by atoms with Crippen molar-refractivity contribution in [1.82, 2.24) is 4.90 Å². The van der Waals surface area contributed by atoms with Crippen LogP contribution in [0.2, 0.25) is 5.02 Å². The van der Waals surface area contributed by atoms with E-state index in [0.717, 1.165) is 17.7 Å². The van der Waals surface area contributed by atoms with Gasteiger partial charge < -0.3 is 18.8 Å². The van der Waals surface area contributed by atoms with E-state index < -0.39 is 6.04 Å². The van der Waals surface area contributed by atoms with Crippen LogP contribution in [-0.4, -0.2) is 37.7 Å². The molecule has 0 saturated heterocycles. The van der Waals surface area contributed by atoms with Gasteiger partial charge in [0, 0.05) is 18.7 Å². The lowest BCUT2D eigenvalue weighted by atomic mass is 9.98. The predicted molar refractivity (Wildman–Crippen MR) is 114 cm³/mol. The molecule has 2 heterocycles. The van der Waals surface area contributed by atoms with Crippen molar-refractivity contribution in [3.05, 3.63) is 74.6 Å². The fraction of sp³-hybridized carbons (Fsp3) is 0.304. The monoisotopic (exact) mass is 427 g/mol. The van der Waals surface area contributed by atoms with Crippen LogP contribution in [0.25, 0.3) is 11.0 Å². The third-order valence-corrected chi connectivity index (χ3v) is 5.37. The molecule has 0 spiro atoms. The van der Waals surface area contributed by atoms with Crippen LogP contribution < -0.4 is 10.2 Å². The first-order chi connectivity index (χ1) is 14.5. The minimum absolute atomic E-state index is 0.0715. The smallest absolute Gasteiger partial charge is 0.290 e. The lowest BCUT2D eigenvalue weighted by Gasteiger charge is -2.25. The van der Waals surface area contributed by atoms with Crippen LogP contribution >= 0.6 is 11.6 Å². The molecule has 4 rings (SSSR count). The Morgan fingerprint density at radius 2 is 1.87 bits per heavy atom. The molecule has 1 aromatic heterocycles. The lowest BCUT2D eigenvalue weighted by molar-refractivity contribution is 0.0663. The molecule has 1 aliphatic rings. The maximum atomic E-state index is 13.4. The summed E-state index contributed by atoms with van der Waals surface area (Å²) in [5.41, 5.74) is 1.22. The molecule has 0 saturated carbocycles. The van der Waals surface area contributed by atoms with Gasteiger partial charge in [-0.15, -0.1) is 0 Å². The van der Waals surface area contributed by atoms with Crippen molar-refractivity contribution in [1.29, 1.82) is 0 Å². The summed E-state index contributed by atoms with van der Waals surface area (Å²) in [5, 5.41) is 0.792. The van der Waals surface area contributed by atoms with E-state index in [1.54, 1.807) is 30.2 Å². The molecule has 156 valence electrons. The second kappa shape index (κ2) is 8.50. The van der Waals surface area contributed by atoms with Crippen LogP contribution in [0, 0.1) is 0 Å². The van der Waals surface area contributed by atoms with Crippen molar-refractivity contribution < 1.29 is 18.7 Å². The largest absolute Gasteiger partial charge is 0.494 e. The Morgan fingerprint density at radius 1 is 1.10 bits per heavy atom. The number of amides is 1. The summed E-state index contributed by atoms with van der Waals surface area (Å²) < 4.78 is 16.7. The number of carbonyl (C=O) groups is 1. The van der Waals surface area contributed by atoms with E-state index in [1.807, 2.05) is 31.2 Å². The SMILES string of the molecule is CCCOc1ccc([C@H]2c3c(oc4ccc(Cl)cc4c3=O)C(=O)N2CCOC)cc1. The Hall–Kier alpha value is -2.83. The second-order valence-electron chi connectivity index (χ2n) is 7.13. The van der Waals surface area contributed by atoms with Crippen LogP contribution in [0.3, 0.4) is 0 Å². The van der Waals surface area contributed by atoms with Gasteiger partial charge in [-0.25, -0.2) is 0 Å². The van der Waals surface area contributed by atoms with Gasteiger partial charge in [0.15, 0.2) is 5.43 Å². The quantitative estimate of drug-likeness (QED) is 0.558. The highest BCUT2D eigenvalue weighted by Crippen LogP contribution is 2.38. The maximum Gasteiger partial charge on any atom is 0.290 e. The Kier molecular flexibility index (Phi) is 5.79. The molecule has 0 aliphatic carbocycles. The minimum atomic E-state index is -0.567. The highest BCUT2D eigenvalue weighted by atomic mass is 35.5. The number of rotatable bonds is 7. The normalized spacial score (nSPS) is 15.6. The van der Waals surface area contributed by atoms with Gasteiger partial charge in [0.2, 0.25) is 5.76 Å². The van der Waals surface area contributed by atoms with Crippen molar-refractivity contribution in [2.24, 2.45) is 0 Å². The average molecular weight is 428 g/mol. The number of benzene rings is 2. The number of hydrogen-bond acceptors (Lipinski definition) is 5. The average Bonchev–Trinajstić information content (AvgIpc) is 3.03. The standard InChI is InChI=1S/C23H22ClNO5/c1-3-11-29-16-7-4-14(5-8-16)20-19-21(26)17-13-15(24)6-9-18(17)30-22(19)23(27)25(20)10-12-28-2/h4-9,13,20H,3,10-12H2,1-2H3/t20-/m0/s1. The Balaban J connectivity index is 1.85. The summed E-state index contributed by atoms with van der Waals surface area (Å²) in [4.78, 5) is 28.1. The van der Waals surface area contributed by atoms with Crippen LogP contribution in [-0.2, 0) is 4.74 Å². The van der Waals surface area contributed by atoms with Crippen molar-refractivity contribution in [3.63, 3.8) is 0 Å². The topological polar surface area (TPSA) is 69.0 Å².